The van der Waals surface area contributed by atoms with Crippen molar-refractivity contribution in [2.45, 2.75) is 19.9 Å². The highest BCUT2D eigenvalue weighted by Gasteiger charge is 2.20. The van der Waals surface area contributed by atoms with Gasteiger partial charge in [0.2, 0.25) is 0 Å². The maximum atomic E-state index is 5.37. The van der Waals surface area contributed by atoms with Crippen molar-refractivity contribution in [1.82, 2.24) is 25.1 Å². The van der Waals surface area contributed by atoms with Gasteiger partial charge in [-0.15, -0.1) is 0 Å². The summed E-state index contributed by atoms with van der Waals surface area (Å²) in [7, 11) is 1.67. The summed E-state index contributed by atoms with van der Waals surface area (Å²) in [5.41, 5.74) is 4.99. The number of rotatable bonds is 4. The monoisotopic (exact) mass is 390 g/mol. The van der Waals surface area contributed by atoms with Gasteiger partial charge in [-0.1, -0.05) is 0 Å². The number of hydrogen-bond donors (Lipinski definition) is 2. The highest BCUT2D eigenvalue weighted by atomic mass is 16.5. The molecule has 1 fully saturated rings. The standard InChI is InChI=1S/C22H26N6O/c1-14(2)27-8-10-28(11-9-27)15-4-6-19-20(12-15)24-22(23-19)21-17-13-16(29-3)5-7-18(17)25-26-21/h4-7,12-14H,8-11H2,1-3H3,(H,23,24)(H,25,26). The van der Waals surface area contributed by atoms with E-state index < -0.39 is 0 Å². The van der Waals surface area contributed by atoms with Crippen LogP contribution < -0.4 is 9.64 Å². The molecule has 7 nitrogen and oxygen atoms in total. The van der Waals surface area contributed by atoms with E-state index in [2.05, 4.69) is 57.0 Å². The molecule has 1 aliphatic heterocycles. The molecule has 0 aliphatic carbocycles. The van der Waals surface area contributed by atoms with Crippen molar-refractivity contribution >= 4 is 27.6 Å². The van der Waals surface area contributed by atoms with Crippen LogP contribution in [-0.4, -0.2) is 64.4 Å². The van der Waals surface area contributed by atoms with Gasteiger partial charge in [-0.2, -0.15) is 5.10 Å². The molecule has 0 amide bonds. The molecule has 5 rings (SSSR count). The Labute approximate surface area is 169 Å². The molecule has 0 radical (unpaired) electrons. The van der Waals surface area contributed by atoms with Gasteiger partial charge in [0.25, 0.3) is 0 Å². The molecule has 2 aromatic heterocycles. The van der Waals surface area contributed by atoms with Crippen molar-refractivity contribution in [2.24, 2.45) is 0 Å². The van der Waals surface area contributed by atoms with Crippen molar-refractivity contribution in [2.75, 3.05) is 38.2 Å². The second-order valence-electron chi connectivity index (χ2n) is 7.89. The lowest BCUT2D eigenvalue weighted by atomic mass is 10.2. The van der Waals surface area contributed by atoms with Crippen LogP contribution in [0.25, 0.3) is 33.5 Å². The van der Waals surface area contributed by atoms with Crippen molar-refractivity contribution in [3.8, 4) is 17.3 Å². The van der Waals surface area contributed by atoms with Gasteiger partial charge in [-0.05, 0) is 50.2 Å². The minimum atomic E-state index is 0.608. The van der Waals surface area contributed by atoms with Crippen LogP contribution in [0.4, 0.5) is 5.69 Å². The first-order valence-electron chi connectivity index (χ1n) is 10.1. The maximum absolute atomic E-state index is 5.37. The summed E-state index contributed by atoms with van der Waals surface area (Å²) < 4.78 is 5.37. The maximum Gasteiger partial charge on any atom is 0.159 e. The topological polar surface area (TPSA) is 73.1 Å². The van der Waals surface area contributed by atoms with Gasteiger partial charge in [0.05, 0.1) is 23.7 Å². The fourth-order valence-corrected chi connectivity index (χ4v) is 4.10. The number of benzene rings is 2. The molecule has 4 aromatic rings. The molecule has 29 heavy (non-hydrogen) atoms. The highest BCUT2D eigenvalue weighted by molar-refractivity contribution is 5.94. The molecule has 0 unspecified atom stereocenters. The van der Waals surface area contributed by atoms with Crippen LogP contribution in [0.2, 0.25) is 0 Å². The number of anilines is 1. The van der Waals surface area contributed by atoms with Crippen molar-refractivity contribution < 1.29 is 4.74 Å². The molecule has 1 saturated heterocycles. The first kappa shape index (κ1) is 18.0. The van der Waals surface area contributed by atoms with Gasteiger partial charge in [-0.3, -0.25) is 10.00 Å². The second-order valence-corrected chi connectivity index (χ2v) is 7.89. The van der Waals surface area contributed by atoms with Crippen LogP contribution in [0.1, 0.15) is 13.8 Å². The second kappa shape index (κ2) is 7.08. The van der Waals surface area contributed by atoms with E-state index in [1.165, 1.54) is 5.69 Å². The van der Waals surface area contributed by atoms with Gasteiger partial charge in [-0.25, -0.2) is 4.98 Å². The zero-order chi connectivity index (χ0) is 20.0. The number of aromatic nitrogens is 4. The molecule has 2 N–H and O–H groups in total. The Bertz CT molecular complexity index is 1150. The van der Waals surface area contributed by atoms with E-state index in [4.69, 9.17) is 9.72 Å². The molecule has 0 bridgehead atoms. The molecule has 0 saturated carbocycles. The Balaban J connectivity index is 1.46. The molecule has 150 valence electrons. The zero-order valence-corrected chi connectivity index (χ0v) is 17.1. The van der Waals surface area contributed by atoms with Crippen LogP contribution in [-0.2, 0) is 0 Å². The van der Waals surface area contributed by atoms with Crippen molar-refractivity contribution in [3.63, 3.8) is 0 Å². The minimum Gasteiger partial charge on any atom is -0.497 e. The number of ether oxygens (including phenoxy) is 1. The quantitative estimate of drug-likeness (QED) is 0.557. The van der Waals surface area contributed by atoms with E-state index in [-0.39, 0.29) is 0 Å². The van der Waals surface area contributed by atoms with Crippen LogP contribution in [0.3, 0.4) is 0 Å². The van der Waals surface area contributed by atoms with E-state index in [1.807, 2.05) is 18.2 Å². The Kier molecular flexibility index (Phi) is 4.39. The summed E-state index contributed by atoms with van der Waals surface area (Å²) in [5.74, 6) is 1.57. The minimum absolute atomic E-state index is 0.608. The van der Waals surface area contributed by atoms with E-state index in [0.717, 1.165) is 65.4 Å². The summed E-state index contributed by atoms with van der Waals surface area (Å²) >= 11 is 0. The van der Waals surface area contributed by atoms with Gasteiger partial charge in [0.1, 0.15) is 11.4 Å². The molecule has 0 spiro atoms. The lowest BCUT2D eigenvalue weighted by Crippen LogP contribution is -2.48. The first-order valence-corrected chi connectivity index (χ1v) is 10.1. The fraction of sp³-hybridized carbons (Fsp3) is 0.364. The third kappa shape index (κ3) is 3.21. The number of piperazine rings is 1. The number of aromatic amines is 2. The predicted molar refractivity (Wildman–Crippen MR) is 117 cm³/mol. The largest absolute Gasteiger partial charge is 0.497 e. The number of methoxy groups -OCH3 is 1. The molecule has 2 aromatic carbocycles. The number of nitrogens with one attached hydrogen (secondary N) is 2. The van der Waals surface area contributed by atoms with E-state index >= 15 is 0 Å². The molecule has 1 aliphatic rings. The first-order chi connectivity index (χ1) is 14.1. The normalized spacial score (nSPS) is 15.7. The molecule has 0 atom stereocenters. The average Bonchev–Trinajstić information content (AvgIpc) is 3.36. The highest BCUT2D eigenvalue weighted by Crippen LogP contribution is 2.30. The molecule has 7 heteroatoms. The van der Waals surface area contributed by atoms with Crippen LogP contribution >= 0.6 is 0 Å². The molecular weight excluding hydrogens is 364 g/mol. The molecule has 3 heterocycles. The van der Waals surface area contributed by atoms with Gasteiger partial charge < -0.3 is 14.6 Å². The Morgan fingerprint density at radius 2 is 1.83 bits per heavy atom. The van der Waals surface area contributed by atoms with Crippen LogP contribution in [0.15, 0.2) is 36.4 Å². The lowest BCUT2D eigenvalue weighted by molar-refractivity contribution is 0.209. The van der Waals surface area contributed by atoms with E-state index in [9.17, 15) is 0 Å². The number of H-pyrrole nitrogens is 2. The Morgan fingerprint density at radius 1 is 1.00 bits per heavy atom. The lowest BCUT2D eigenvalue weighted by Gasteiger charge is -2.38. The summed E-state index contributed by atoms with van der Waals surface area (Å²) in [6.45, 7) is 8.84. The van der Waals surface area contributed by atoms with Crippen molar-refractivity contribution in [3.05, 3.63) is 36.4 Å². The third-order valence-electron chi connectivity index (χ3n) is 5.87. The summed E-state index contributed by atoms with van der Waals surface area (Å²) in [6.07, 6.45) is 0. The number of fused-ring (bicyclic) bond motifs is 2. The van der Waals surface area contributed by atoms with Gasteiger partial charge in [0, 0.05) is 43.3 Å². The van der Waals surface area contributed by atoms with Gasteiger partial charge in [0.15, 0.2) is 5.82 Å². The van der Waals surface area contributed by atoms with Crippen molar-refractivity contribution in [1.29, 1.82) is 0 Å². The smallest absolute Gasteiger partial charge is 0.159 e. The third-order valence-corrected chi connectivity index (χ3v) is 5.87. The Hall–Kier alpha value is -3.06. The SMILES string of the molecule is COc1ccc2[nH]nc(-c3nc4ccc(N5CCN(C(C)C)CC5)cc4[nH]3)c2c1. The predicted octanol–water partition coefficient (Wildman–Crippen LogP) is 3.65. The zero-order valence-electron chi connectivity index (χ0n) is 17.1. The Morgan fingerprint density at radius 3 is 2.59 bits per heavy atom. The molecular formula is C22H26N6O. The summed E-state index contributed by atoms with van der Waals surface area (Å²) in [5, 5.41) is 8.56. The summed E-state index contributed by atoms with van der Waals surface area (Å²) in [4.78, 5) is 13.2. The number of hydrogen-bond acceptors (Lipinski definition) is 5. The van der Waals surface area contributed by atoms with Gasteiger partial charge >= 0.3 is 0 Å². The average molecular weight is 390 g/mol. The van der Waals surface area contributed by atoms with E-state index in [0.29, 0.717) is 6.04 Å². The van der Waals surface area contributed by atoms with Crippen LogP contribution in [0, 0.1) is 0 Å². The fourth-order valence-electron chi connectivity index (χ4n) is 4.10. The number of imidazole rings is 1. The van der Waals surface area contributed by atoms with E-state index in [1.54, 1.807) is 7.11 Å². The number of nitrogens with zero attached hydrogens (tertiary/aromatic N) is 4. The van der Waals surface area contributed by atoms with Crippen LogP contribution in [0.5, 0.6) is 5.75 Å². The summed E-state index contributed by atoms with van der Waals surface area (Å²) in [6, 6.07) is 13.0.